The van der Waals surface area contributed by atoms with Gasteiger partial charge in [0.05, 0.1) is 5.78 Å². The Hall–Kier alpha value is 0.0200. The lowest BCUT2D eigenvalue weighted by atomic mass is 9.54. The second-order valence-corrected chi connectivity index (χ2v) is 4.37. The smallest absolute Gasteiger partial charge is 0.0864 e. The molecule has 0 heterocycles. The van der Waals surface area contributed by atoms with Gasteiger partial charge in [-0.3, -0.25) is 0 Å². The molecule has 0 N–H and O–H groups in total. The lowest BCUT2D eigenvalue weighted by Crippen LogP contribution is -2.56. The minimum Gasteiger partial charge on any atom is -0.364 e. The van der Waals surface area contributed by atoms with E-state index in [0.717, 1.165) is 5.25 Å². The maximum absolute atomic E-state index is 11.3. The van der Waals surface area contributed by atoms with E-state index in [1.54, 1.807) is 0 Å². The molecular weight excluding hydrogens is 144 g/mol. The van der Waals surface area contributed by atoms with Crippen molar-refractivity contribution < 1.29 is 4.79 Å². The minimum absolute atomic E-state index is 0.285. The second kappa shape index (κ2) is 1.79. The Balaban J connectivity index is 2.89. The molecule has 0 spiro atoms. The van der Waals surface area contributed by atoms with Crippen molar-refractivity contribution in [3.63, 3.8) is 0 Å². The van der Waals surface area contributed by atoms with Crippen LogP contribution in [0.2, 0.25) is 0 Å². The number of rotatable bonds is 0. The molecule has 10 heavy (non-hydrogen) atoms. The molecule has 1 aliphatic rings. The number of carbonyl (C=O) groups excluding carboxylic acids is 1. The lowest BCUT2D eigenvalue weighted by molar-refractivity contribution is -0.143. The van der Waals surface area contributed by atoms with Crippen LogP contribution in [0.3, 0.4) is 0 Å². The molecule has 1 saturated carbocycles. The van der Waals surface area contributed by atoms with Gasteiger partial charge in [0.15, 0.2) is 0 Å². The maximum Gasteiger partial charge on any atom is 0.0864 e. The topological polar surface area (TPSA) is 17.1 Å². The molecule has 0 atom stereocenters. The lowest BCUT2D eigenvalue weighted by Gasteiger charge is -2.66. The van der Waals surface area contributed by atoms with Gasteiger partial charge in [-0.25, -0.2) is 5.25 Å². The summed E-state index contributed by atoms with van der Waals surface area (Å²) in [6.07, 6.45) is 0. The summed E-state index contributed by atoms with van der Waals surface area (Å²) in [7, 11) is 0. The Morgan fingerprint density at radius 2 is 1.50 bits per heavy atom. The highest BCUT2D eigenvalue weighted by Gasteiger charge is 2.47. The van der Waals surface area contributed by atoms with Crippen molar-refractivity contribution in [3.8, 4) is 0 Å². The van der Waals surface area contributed by atoms with Crippen LogP contribution in [0.1, 0.15) is 27.7 Å². The SMILES string of the molecule is CC1(C)C(=O)C(C)(C)[C-]1S. The van der Waals surface area contributed by atoms with E-state index in [9.17, 15) is 4.79 Å². The molecule has 1 aliphatic carbocycles. The maximum atomic E-state index is 11.3. The third kappa shape index (κ3) is 0.685. The molecule has 1 fully saturated rings. The van der Waals surface area contributed by atoms with Crippen LogP contribution in [0.15, 0.2) is 0 Å². The van der Waals surface area contributed by atoms with Crippen LogP contribution in [0.5, 0.6) is 0 Å². The summed E-state index contributed by atoms with van der Waals surface area (Å²) in [6.45, 7) is 7.68. The number of Topliss-reactive ketones (excluding diaryl/α,β-unsaturated/α-hetero) is 1. The van der Waals surface area contributed by atoms with Gasteiger partial charge in [-0.2, -0.15) is 0 Å². The van der Waals surface area contributed by atoms with E-state index >= 15 is 0 Å². The summed E-state index contributed by atoms with van der Waals surface area (Å²) in [6, 6.07) is 0. The number of ketones is 1. The van der Waals surface area contributed by atoms with Gasteiger partial charge in [0.1, 0.15) is 0 Å². The third-order valence-corrected chi connectivity index (χ3v) is 3.44. The first kappa shape index (κ1) is 8.12. The van der Waals surface area contributed by atoms with E-state index in [-0.39, 0.29) is 10.8 Å². The van der Waals surface area contributed by atoms with Crippen molar-refractivity contribution in [1.29, 1.82) is 0 Å². The van der Waals surface area contributed by atoms with Crippen molar-refractivity contribution in [1.82, 2.24) is 0 Å². The van der Waals surface area contributed by atoms with Gasteiger partial charge in [-0.15, -0.1) is 0 Å². The summed E-state index contributed by atoms with van der Waals surface area (Å²) in [5.41, 5.74) is -0.570. The van der Waals surface area contributed by atoms with Crippen LogP contribution in [0.25, 0.3) is 0 Å². The predicted octanol–water partition coefficient (Wildman–Crippen LogP) is 2.08. The first-order valence-electron chi connectivity index (χ1n) is 3.43. The highest BCUT2D eigenvalue weighted by atomic mass is 32.1. The molecule has 58 valence electrons. The Kier molecular flexibility index (Phi) is 1.45. The average molecular weight is 157 g/mol. The second-order valence-electron chi connectivity index (χ2n) is 3.93. The third-order valence-electron chi connectivity index (χ3n) is 2.32. The van der Waals surface area contributed by atoms with Crippen LogP contribution in [0, 0.1) is 16.1 Å². The molecular formula is C8H13OS-. The molecule has 0 aliphatic heterocycles. The first-order valence-corrected chi connectivity index (χ1v) is 3.87. The molecule has 1 rings (SSSR count). The fourth-order valence-electron chi connectivity index (χ4n) is 1.72. The van der Waals surface area contributed by atoms with Crippen LogP contribution < -0.4 is 0 Å². The summed E-state index contributed by atoms with van der Waals surface area (Å²) in [5.74, 6) is 0.296. The van der Waals surface area contributed by atoms with Gasteiger partial charge < -0.3 is 17.4 Å². The van der Waals surface area contributed by atoms with Crippen molar-refractivity contribution in [2.24, 2.45) is 10.8 Å². The first-order chi connectivity index (χ1) is 4.31. The van der Waals surface area contributed by atoms with Gasteiger partial charge in [0.2, 0.25) is 0 Å². The molecule has 0 aromatic rings. The molecule has 0 saturated heterocycles. The molecule has 0 aromatic heterocycles. The summed E-state index contributed by atoms with van der Waals surface area (Å²) in [4.78, 5) is 11.3. The van der Waals surface area contributed by atoms with Crippen LogP contribution in [-0.2, 0) is 4.79 Å². The van der Waals surface area contributed by atoms with E-state index in [1.165, 1.54) is 0 Å². The normalized spacial score (nSPS) is 29.9. The fraction of sp³-hybridized carbons (Fsp3) is 0.750. The van der Waals surface area contributed by atoms with E-state index < -0.39 is 0 Å². The van der Waals surface area contributed by atoms with Crippen molar-refractivity contribution >= 4 is 18.4 Å². The van der Waals surface area contributed by atoms with E-state index in [2.05, 4.69) is 12.6 Å². The Bertz CT molecular complexity index is 164. The number of carbonyl (C=O) groups is 1. The zero-order valence-corrected chi connectivity index (χ0v) is 7.75. The zero-order chi connectivity index (χ0) is 8.15. The fourth-order valence-corrected chi connectivity index (χ4v) is 1.92. The van der Waals surface area contributed by atoms with Gasteiger partial charge in [-0.1, -0.05) is 38.5 Å². The number of hydrogen-bond donors (Lipinski definition) is 1. The van der Waals surface area contributed by atoms with Crippen molar-refractivity contribution in [2.45, 2.75) is 27.7 Å². The molecule has 0 bridgehead atoms. The zero-order valence-electron chi connectivity index (χ0n) is 6.86. The minimum atomic E-state index is -0.285. The van der Waals surface area contributed by atoms with E-state index in [4.69, 9.17) is 0 Å². The highest BCUT2D eigenvalue weighted by molar-refractivity contribution is 7.83. The van der Waals surface area contributed by atoms with Crippen LogP contribution in [-0.4, -0.2) is 5.78 Å². The molecule has 0 aromatic carbocycles. The monoisotopic (exact) mass is 157 g/mol. The highest BCUT2D eigenvalue weighted by Crippen LogP contribution is 2.58. The van der Waals surface area contributed by atoms with Gasteiger partial charge in [0.25, 0.3) is 0 Å². The molecule has 0 amide bonds. The van der Waals surface area contributed by atoms with Gasteiger partial charge in [-0.05, 0) is 0 Å². The van der Waals surface area contributed by atoms with Crippen LogP contribution in [0.4, 0.5) is 0 Å². The quantitative estimate of drug-likeness (QED) is 0.421. The Morgan fingerprint density at radius 3 is 1.60 bits per heavy atom. The molecule has 1 nitrogen and oxygen atoms in total. The van der Waals surface area contributed by atoms with Crippen molar-refractivity contribution in [2.75, 3.05) is 0 Å². The average Bonchev–Trinajstić information content (AvgIpc) is 1.84. The molecule has 2 heteroatoms. The largest absolute Gasteiger partial charge is 0.364 e. The molecule has 0 unspecified atom stereocenters. The standard InChI is InChI=1S/C8H13OS/c1-7(2)5(9)8(3,4)6(7)10/h10H,1-4H3/q-1. The summed E-state index contributed by atoms with van der Waals surface area (Å²) >= 11 is 4.30. The van der Waals surface area contributed by atoms with Gasteiger partial charge >= 0.3 is 0 Å². The van der Waals surface area contributed by atoms with E-state index in [0.29, 0.717) is 5.78 Å². The summed E-state index contributed by atoms with van der Waals surface area (Å²) < 4.78 is 0. The van der Waals surface area contributed by atoms with Gasteiger partial charge in [0, 0.05) is 0 Å². The van der Waals surface area contributed by atoms with Crippen molar-refractivity contribution in [3.05, 3.63) is 5.25 Å². The number of thiol groups is 1. The van der Waals surface area contributed by atoms with E-state index in [1.807, 2.05) is 27.7 Å². The Labute approximate surface area is 67.6 Å². The summed E-state index contributed by atoms with van der Waals surface area (Å²) in [5, 5.41) is 1.00. The van der Waals surface area contributed by atoms with Crippen LogP contribution >= 0.6 is 12.6 Å². The predicted molar refractivity (Wildman–Crippen MR) is 44.8 cm³/mol. The molecule has 0 radical (unpaired) electrons. The Morgan fingerprint density at radius 1 is 1.20 bits per heavy atom. The number of hydrogen-bond acceptors (Lipinski definition) is 2.